The summed E-state index contributed by atoms with van der Waals surface area (Å²) in [6, 6.07) is 5.94. The maximum Gasteiger partial charge on any atom is 0.192 e. The minimum atomic E-state index is -1.75. The van der Waals surface area contributed by atoms with Crippen molar-refractivity contribution in [2.75, 3.05) is 7.11 Å². The van der Waals surface area contributed by atoms with Gasteiger partial charge in [-0.1, -0.05) is 32.9 Å². The van der Waals surface area contributed by atoms with E-state index < -0.39 is 8.32 Å². The lowest BCUT2D eigenvalue weighted by Gasteiger charge is -2.36. The lowest BCUT2D eigenvalue weighted by molar-refractivity contribution is 0.273. The highest BCUT2D eigenvalue weighted by molar-refractivity contribution is 6.74. The number of ether oxygens (including phenoxy) is 1. The van der Waals surface area contributed by atoms with E-state index in [0.717, 1.165) is 22.3 Å². The number of methoxy groups -OCH3 is 1. The SMILES string of the molecule is COc1cccc2c(CO[Si](C)(C)C(C)(C)C)[nH]nc12. The van der Waals surface area contributed by atoms with Crippen LogP contribution in [-0.2, 0) is 11.0 Å². The molecule has 20 heavy (non-hydrogen) atoms. The van der Waals surface area contributed by atoms with Crippen LogP contribution in [0, 0.1) is 0 Å². The molecule has 0 unspecified atom stereocenters. The van der Waals surface area contributed by atoms with Gasteiger partial charge in [-0.3, -0.25) is 5.10 Å². The van der Waals surface area contributed by atoms with Crippen LogP contribution in [0.2, 0.25) is 18.1 Å². The van der Waals surface area contributed by atoms with Crippen LogP contribution in [0.1, 0.15) is 26.5 Å². The molecule has 110 valence electrons. The first-order valence-corrected chi connectivity index (χ1v) is 9.81. The first kappa shape index (κ1) is 15.1. The van der Waals surface area contributed by atoms with Gasteiger partial charge in [0.25, 0.3) is 0 Å². The van der Waals surface area contributed by atoms with E-state index >= 15 is 0 Å². The number of fused-ring (bicyclic) bond motifs is 1. The van der Waals surface area contributed by atoms with Crippen molar-refractivity contribution >= 4 is 19.2 Å². The second-order valence-corrected chi connectivity index (χ2v) is 11.4. The first-order valence-electron chi connectivity index (χ1n) is 6.90. The topological polar surface area (TPSA) is 47.1 Å². The van der Waals surface area contributed by atoms with E-state index in [9.17, 15) is 0 Å². The van der Waals surface area contributed by atoms with E-state index in [1.165, 1.54) is 0 Å². The van der Waals surface area contributed by atoms with Crippen LogP contribution in [0.3, 0.4) is 0 Å². The van der Waals surface area contributed by atoms with Crippen LogP contribution in [0.15, 0.2) is 18.2 Å². The van der Waals surface area contributed by atoms with Crippen molar-refractivity contribution < 1.29 is 9.16 Å². The molecule has 1 N–H and O–H groups in total. The Balaban J connectivity index is 2.24. The molecule has 0 spiro atoms. The Hall–Kier alpha value is -1.33. The molecule has 0 aliphatic heterocycles. The molecule has 2 rings (SSSR count). The molecule has 0 aliphatic carbocycles. The smallest absolute Gasteiger partial charge is 0.192 e. The number of rotatable bonds is 4. The van der Waals surface area contributed by atoms with Gasteiger partial charge in [-0.05, 0) is 24.2 Å². The average molecular weight is 292 g/mol. The van der Waals surface area contributed by atoms with E-state index in [2.05, 4.69) is 44.1 Å². The number of hydrogen-bond donors (Lipinski definition) is 1. The number of H-pyrrole nitrogens is 1. The number of nitrogens with one attached hydrogen (secondary N) is 1. The summed E-state index contributed by atoms with van der Waals surface area (Å²) in [5.74, 6) is 0.789. The highest BCUT2D eigenvalue weighted by Gasteiger charge is 2.37. The summed E-state index contributed by atoms with van der Waals surface area (Å²) in [5.41, 5.74) is 1.88. The second kappa shape index (κ2) is 5.22. The molecule has 1 heterocycles. The van der Waals surface area contributed by atoms with Crippen LogP contribution in [0.5, 0.6) is 5.75 Å². The minimum Gasteiger partial charge on any atom is -0.494 e. The van der Waals surface area contributed by atoms with Gasteiger partial charge in [-0.15, -0.1) is 0 Å². The molecule has 1 aromatic carbocycles. The van der Waals surface area contributed by atoms with Gasteiger partial charge in [0.2, 0.25) is 0 Å². The maximum absolute atomic E-state index is 6.25. The Morgan fingerprint density at radius 1 is 1.25 bits per heavy atom. The number of benzene rings is 1. The van der Waals surface area contributed by atoms with Crippen LogP contribution < -0.4 is 4.74 Å². The highest BCUT2D eigenvalue weighted by atomic mass is 28.4. The Kier molecular flexibility index (Phi) is 3.93. The van der Waals surface area contributed by atoms with Crippen molar-refractivity contribution in [2.45, 2.75) is 45.5 Å². The molecule has 0 amide bonds. The summed E-state index contributed by atoms with van der Waals surface area (Å²) in [7, 11) is -0.0874. The van der Waals surface area contributed by atoms with E-state index in [1.54, 1.807) is 7.11 Å². The zero-order chi connectivity index (χ0) is 15.0. The fraction of sp³-hybridized carbons (Fsp3) is 0.533. The number of aromatic nitrogens is 2. The van der Waals surface area contributed by atoms with Crippen LogP contribution in [-0.4, -0.2) is 25.6 Å². The van der Waals surface area contributed by atoms with Crippen molar-refractivity contribution in [1.29, 1.82) is 0 Å². The Labute approximate surface area is 121 Å². The summed E-state index contributed by atoms with van der Waals surface area (Å²) in [6.45, 7) is 11.8. The molecule has 2 aromatic rings. The van der Waals surface area contributed by atoms with Crippen molar-refractivity contribution in [1.82, 2.24) is 10.2 Å². The molecular weight excluding hydrogens is 268 g/mol. The Morgan fingerprint density at radius 3 is 2.55 bits per heavy atom. The van der Waals surface area contributed by atoms with Gasteiger partial charge < -0.3 is 9.16 Å². The Morgan fingerprint density at radius 2 is 1.95 bits per heavy atom. The summed E-state index contributed by atoms with van der Waals surface area (Å²) < 4.78 is 11.6. The molecular formula is C15H24N2O2Si. The van der Waals surface area contributed by atoms with Gasteiger partial charge in [-0.25, -0.2) is 0 Å². The molecule has 0 fully saturated rings. The van der Waals surface area contributed by atoms with Gasteiger partial charge in [0.15, 0.2) is 8.32 Å². The first-order chi connectivity index (χ1) is 9.26. The number of para-hydroxylation sites is 1. The van der Waals surface area contributed by atoms with Gasteiger partial charge in [0, 0.05) is 5.39 Å². The zero-order valence-corrected chi connectivity index (χ0v) is 14.2. The van der Waals surface area contributed by atoms with Crippen LogP contribution in [0.4, 0.5) is 0 Å². The second-order valence-electron chi connectivity index (χ2n) is 6.61. The largest absolute Gasteiger partial charge is 0.494 e. The van der Waals surface area contributed by atoms with Crippen molar-refractivity contribution in [3.8, 4) is 5.75 Å². The summed E-state index contributed by atoms with van der Waals surface area (Å²) in [4.78, 5) is 0. The van der Waals surface area contributed by atoms with Gasteiger partial charge in [0.05, 0.1) is 19.4 Å². The fourth-order valence-corrected chi connectivity index (χ4v) is 2.75. The van der Waals surface area contributed by atoms with Crippen LogP contribution >= 0.6 is 0 Å². The maximum atomic E-state index is 6.25. The average Bonchev–Trinajstić information content (AvgIpc) is 2.78. The molecule has 4 nitrogen and oxygen atoms in total. The fourth-order valence-electron chi connectivity index (χ4n) is 1.81. The van der Waals surface area contributed by atoms with E-state index in [0.29, 0.717) is 6.61 Å². The lowest BCUT2D eigenvalue weighted by Crippen LogP contribution is -2.40. The lowest BCUT2D eigenvalue weighted by atomic mass is 10.2. The van der Waals surface area contributed by atoms with Crippen molar-refractivity contribution in [3.05, 3.63) is 23.9 Å². The molecule has 0 atom stereocenters. The number of aromatic amines is 1. The van der Waals surface area contributed by atoms with Gasteiger partial charge in [0.1, 0.15) is 11.3 Å². The highest BCUT2D eigenvalue weighted by Crippen LogP contribution is 2.37. The third-order valence-electron chi connectivity index (χ3n) is 4.23. The van der Waals surface area contributed by atoms with Gasteiger partial charge in [-0.2, -0.15) is 5.10 Å². The van der Waals surface area contributed by atoms with Crippen molar-refractivity contribution in [2.24, 2.45) is 0 Å². The van der Waals surface area contributed by atoms with Gasteiger partial charge >= 0.3 is 0 Å². The monoisotopic (exact) mass is 292 g/mol. The molecule has 1 aromatic heterocycles. The zero-order valence-electron chi connectivity index (χ0n) is 13.2. The van der Waals surface area contributed by atoms with Crippen molar-refractivity contribution in [3.63, 3.8) is 0 Å². The molecule has 0 saturated heterocycles. The normalized spacial score (nSPS) is 12.9. The molecule has 0 aliphatic rings. The molecule has 0 bridgehead atoms. The number of hydrogen-bond acceptors (Lipinski definition) is 3. The number of nitrogens with zero attached hydrogens (tertiary/aromatic N) is 1. The predicted octanol–water partition coefficient (Wildman–Crippen LogP) is 4.09. The summed E-state index contributed by atoms with van der Waals surface area (Å²) >= 11 is 0. The quantitative estimate of drug-likeness (QED) is 0.863. The standard InChI is InChI=1S/C15H24N2O2Si/c1-15(2,3)20(5,6)19-10-12-11-8-7-9-13(18-4)14(11)17-16-12/h7-9H,10H2,1-6H3,(H,16,17). The summed E-state index contributed by atoms with van der Waals surface area (Å²) in [6.07, 6.45) is 0. The van der Waals surface area contributed by atoms with E-state index in [4.69, 9.17) is 9.16 Å². The molecule has 0 saturated carbocycles. The third kappa shape index (κ3) is 2.74. The summed E-state index contributed by atoms with van der Waals surface area (Å²) in [5, 5.41) is 8.70. The van der Waals surface area contributed by atoms with E-state index in [-0.39, 0.29) is 5.04 Å². The predicted molar refractivity (Wildman–Crippen MR) is 84.6 cm³/mol. The van der Waals surface area contributed by atoms with Crippen LogP contribution in [0.25, 0.3) is 10.9 Å². The Bertz CT molecular complexity index is 599. The third-order valence-corrected chi connectivity index (χ3v) is 8.71. The van der Waals surface area contributed by atoms with E-state index in [1.807, 2.05) is 18.2 Å². The molecule has 5 heteroatoms. The molecule has 0 radical (unpaired) electrons. The minimum absolute atomic E-state index is 0.209.